The molecule has 7 heteroatoms. The molecule has 0 unspecified atom stereocenters. The van der Waals surface area contributed by atoms with Gasteiger partial charge in [-0.15, -0.1) is 0 Å². The van der Waals surface area contributed by atoms with Gasteiger partial charge in [0.05, 0.1) is 12.2 Å². The van der Waals surface area contributed by atoms with Crippen molar-refractivity contribution in [1.29, 1.82) is 0 Å². The molecule has 0 atom stereocenters. The van der Waals surface area contributed by atoms with Gasteiger partial charge in [-0.25, -0.2) is 8.78 Å². The first kappa shape index (κ1) is 19.4. The summed E-state index contributed by atoms with van der Waals surface area (Å²) >= 11 is 0. The number of nitrogens with one attached hydrogen (secondary N) is 3. The molecule has 138 valence electrons. The summed E-state index contributed by atoms with van der Waals surface area (Å²) < 4.78 is 26.7. The molecular formula is C19H21F2N3O2. The molecule has 0 radical (unpaired) electrons. The standard InChI is InChI=1S/C19H21F2N3O2/c1-3-5-18(25)23-16-7-4-6-15(12(16)2)22-11-19(26)24-17-10-13(20)8-9-14(17)21/h4,6-10,22H,3,5,11H2,1-2H3,(H,23,25)(H,24,26). The van der Waals surface area contributed by atoms with Crippen LogP contribution in [0.4, 0.5) is 25.8 Å². The molecule has 26 heavy (non-hydrogen) atoms. The Balaban J connectivity index is 1.99. The van der Waals surface area contributed by atoms with E-state index >= 15 is 0 Å². The van der Waals surface area contributed by atoms with E-state index in [1.807, 2.05) is 13.8 Å². The molecule has 0 aliphatic carbocycles. The average Bonchev–Trinajstić information content (AvgIpc) is 2.59. The van der Waals surface area contributed by atoms with Gasteiger partial charge < -0.3 is 16.0 Å². The molecule has 0 saturated heterocycles. The topological polar surface area (TPSA) is 70.2 Å². The molecule has 2 rings (SSSR count). The third kappa shape index (κ3) is 5.27. The van der Waals surface area contributed by atoms with Crippen LogP contribution < -0.4 is 16.0 Å². The lowest BCUT2D eigenvalue weighted by molar-refractivity contribution is -0.116. The highest BCUT2D eigenvalue weighted by Gasteiger charge is 2.10. The van der Waals surface area contributed by atoms with Gasteiger partial charge in [-0.05, 0) is 43.2 Å². The molecule has 0 aliphatic heterocycles. The largest absolute Gasteiger partial charge is 0.376 e. The Hall–Kier alpha value is -2.96. The highest BCUT2D eigenvalue weighted by atomic mass is 19.1. The van der Waals surface area contributed by atoms with E-state index in [0.717, 1.165) is 30.2 Å². The fourth-order valence-corrected chi connectivity index (χ4v) is 2.37. The van der Waals surface area contributed by atoms with Crippen LogP contribution >= 0.6 is 0 Å². The van der Waals surface area contributed by atoms with Gasteiger partial charge in [0.15, 0.2) is 0 Å². The number of carbonyl (C=O) groups excluding carboxylic acids is 2. The summed E-state index contributed by atoms with van der Waals surface area (Å²) in [6, 6.07) is 8.14. The van der Waals surface area contributed by atoms with Crippen LogP contribution in [-0.4, -0.2) is 18.4 Å². The molecule has 2 aromatic carbocycles. The third-order valence-electron chi connectivity index (χ3n) is 3.73. The Morgan fingerprint density at radius 3 is 2.38 bits per heavy atom. The molecule has 5 nitrogen and oxygen atoms in total. The molecule has 0 heterocycles. The summed E-state index contributed by atoms with van der Waals surface area (Å²) in [6.45, 7) is 3.60. The van der Waals surface area contributed by atoms with E-state index in [4.69, 9.17) is 0 Å². The third-order valence-corrected chi connectivity index (χ3v) is 3.73. The Morgan fingerprint density at radius 1 is 0.962 bits per heavy atom. The van der Waals surface area contributed by atoms with Crippen LogP contribution in [0.25, 0.3) is 0 Å². The number of hydrogen-bond acceptors (Lipinski definition) is 3. The maximum atomic E-state index is 13.6. The van der Waals surface area contributed by atoms with E-state index in [0.29, 0.717) is 17.8 Å². The fraction of sp³-hybridized carbons (Fsp3) is 0.263. The smallest absolute Gasteiger partial charge is 0.243 e. The van der Waals surface area contributed by atoms with Gasteiger partial charge in [-0.1, -0.05) is 13.0 Å². The maximum absolute atomic E-state index is 13.6. The second kappa shape index (κ2) is 8.94. The summed E-state index contributed by atoms with van der Waals surface area (Å²) in [5.41, 5.74) is 1.88. The van der Waals surface area contributed by atoms with Crippen LogP contribution in [-0.2, 0) is 9.59 Å². The predicted molar refractivity (Wildman–Crippen MR) is 98.2 cm³/mol. The minimum Gasteiger partial charge on any atom is -0.376 e. The van der Waals surface area contributed by atoms with Crippen molar-refractivity contribution < 1.29 is 18.4 Å². The lowest BCUT2D eigenvalue weighted by Crippen LogP contribution is -2.23. The van der Waals surface area contributed by atoms with Crippen molar-refractivity contribution in [2.75, 3.05) is 22.5 Å². The number of hydrogen-bond donors (Lipinski definition) is 3. The van der Waals surface area contributed by atoms with Crippen LogP contribution in [0.2, 0.25) is 0 Å². The highest BCUT2D eigenvalue weighted by Crippen LogP contribution is 2.23. The Kier molecular flexibility index (Phi) is 6.66. The van der Waals surface area contributed by atoms with Gasteiger partial charge in [0.1, 0.15) is 11.6 Å². The molecular weight excluding hydrogens is 340 g/mol. The molecule has 2 aromatic rings. The van der Waals surface area contributed by atoms with E-state index in [1.165, 1.54) is 0 Å². The van der Waals surface area contributed by atoms with Crippen LogP contribution in [0.15, 0.2) is 36.4 Å². The van der Waals surface area contributed by atoms with Crippen LogP contribution in [0.3, 0.4) is 0 Å². The van der Waals surface area contributed by atoms with E-state index < -0.39 is 17.5 Å². The lowest BCUT2D eigenvalue weighted by atomic mass is 10.1. The lowest BCUT2D eigenvalue weighted by Gasteiger charge is -2.14. The zero-order valence-corrected chi connectivity index (χ0v) is 14.7. The minimum atomic E-state index is -0.712. The second-order valence-corrected chi connectivity index (χ2v) is 5.80. The van der Waals surface area contributed by atoms with Crippen molar-refractivity contribution in [1.82, 2.24) is 0 Å². The van der Waals surface area contributed by atoms with Crippen molar-refractivity contribution in [2.24, 2.45) is 0 Å². The maximum Gasteiger partial charge on any atom is 0.243 e. The highest BCUT2D eigenvalue weighted by molar-refractivity contribution is 5.95. The first-order valence-corrected chi connectivity index (χ1v) is 8.29. The number of benzene rings is 2. The van der Waals surface area contributed by atoms with Crippen molar-refractivity contribution >= 4 is 28.9 Å². The van der Waals surface area contributed by atoms with Gasteiger partial charge in [0.2, 0.25) is 11.8 Å². The second-order valence-electron chi connectivity index (χ2n) is 5.80. The van der Waals surface area contributed by atoms with Crippen LogP contribution in [0.1, 0.15) is 25.3 Å². The van der Waals surface area contributed by atoms with Crippen molar-refractivity contribution in [3.63, 3.8) is 0 Å². The molecule has 0 aliphatic rings. The predicted octanol–water partition coefficient (Wildman–Crippen LogP) is 4.06. The minimum absolute atomic E-state index is 0.0768. The van der Waals surface area contributed by atoms with Crippen molar-refractivity contribution in [2.45, 2.75) is 26.7 Å². The summed E-state index contributed by atoms with van der Waals surface area (Å²) in [6.07, 6.45) is 1.18. The first-order chi connectivity index (χ1) is 12.4. The molecule has 3 N–H and O–H groups in total. The summed E-state index contributed by atoms with van der Waals surface area (Å²) in [7, 11) is 0. The normalized spacial score (nSPS) is 10.3. The Labute approximate surface area is 150 Å². The van der Waals surface area contributed by atoms with E-state index in [9.17, 15) is 18.4 Å². The van der Waals surface area contributed by atoms with E-state index in [-0.39, 0.29) is 18.1 Å². The Bertz CT molecular complexity index is 809. The molecule has 0 fully saturated rings. The summed E-state index contributed by atoms with van der Waals surface area (Å²) in [5.74, 6) is -1.95. The first-order valence-electron chi connectivity index (χ1n) is 8.29. The van der Waals surface area contributed by atoms with Gasteiger partial charge in [-0.3, -0.25) is 9.59 Å². The van der Waals surface area contributed by atoms with Crippen molar-refractivity contribution in [3.8, 4) is 0 Å². The number of anilines is 3. The quantitative estimate of drug-likeness (QED) is 0.696. The van der Waals surface area contributed by atoms with Crippen LogP contribution in [0, 0.1) is 18.6 Å². The van der Waals surface area contributed by atoms with E-state index in [2.05, 4.69) is 16.0 Å². The number of amides is 2. The number of halogens is 2. The monoisotopic (exact) mass is 361 g/mol. The summed E-state index contributed by atoms with van der Waals surface area (Å²) in [5, 5.41) is 8.07. The van der Waals surface area contributed by atoms with Gasteiger partial charge in [0.25, 0.3) is 0 Å². The SMILES string of the molecule is CCCC(=O)Nc1cccc(NCC(=O)Nc2cc(F)ccc2F)c1C. The van der Waals surface area contributed by atoms with Gasteiger partial charge in [0, 0.05) is 23.9 Å². The zero-order chi connectivity index (χ0) is 19.1. The molecule has 0 aromatic heterocycles. The van der Waals surface area contributed by atoms with E-state index in [1.54, 1.807) is 18.2 Å². The van der Waals surface area contributed by atoms with Gasteiger partial charge >= 0.3 is 0 Å². The number of rotatable bonds is 7. The zero-order valence-electron chi connectivity index (χ0n) is 14.7. The average molecular weight is 361 g/mol. The summed E-state index contributed by atoms with van der Waals surface area (Å²) in [4.78, 5) is 23.7. The van der Waals surface area contributed by atoms with Gasteiger partial charge in [-0.2, -0.15) is 0 Å². The van der Waals surface area contributed by atoms with Crippen molar-refractivity contribution in [3.05, 3.63) is 53.6 Å². The fourth-order valence-electron chi connectivity index (χ4n) is 2.37. The molecule has 2 amide bonds. The Morgan fingerprint density at radius 2 is 1.65 bits per heavy atom. The molecule has 0 spiro atoms. The molecule has 0 bridgehead atoms. The molecule has 0 saturated carbocycles. The van der Waals surface area contributed by atoms with Crippen LogP contribution in [0.5, 0.6) is 0 Å². The number of carbonyl (C=O) groups is 2.